The van der Waals surface area contributed by atoms with E-state index in [0.717, 1.165) is 24.9 Å². The number of rotatable bonds is 9. The van der Waals surface area contributed by atoms with Gasteiger partial charge in [0.25, 0.3) is 5.91 Å². The lowest BCUT2D eigenvalue weighted by Crippen LogP contribution is -2.24. The molecule has 0 unspecified atom stereocenters. The zero-order valence-electron chi connectivity index (χ0n) is 14.4. The second-order valence-electron chi connectivity index (χ2n) is 5.07. The highest BCUT2D eigenvalue weighted by molar-refractivity contribution is 5.94. The van der Waals surface area contributed by atoms with Gasteiger partial charge in [-0.25, -0.2) is 0 Å². The van der Waals surface area contributed by atoms with Crippen LogP contribution in [0.15, 0.2) is 24.3 Å². The molecule has 2 nitrogen and oxygen atoms in total. The molecule has 1 rings (SSSR count). The summed E-state index contributed by atoms with van der Waals surface area (Å²) < 4.78 is 0. The zero-order valence-corrected chi connectivity index (χ0v) is 14.4. The molecule has 1 aromatic rings. The minimum Gasteiger partial charge on any atom is -0.352 e. The SMILES string of the molecule is CC.CCCCCCCCNC(=O)c1ccc(CC)cc1. The fourth-order valence-electron chi connectivity index (χ4n) is 2.10. The van der Waals surface area contributed by atoms with Crippen LogP contribution < -0.4 is 5.32 Å². The van der Waals surface area contributed by atoms with Gasteiger partial charge in [-0.2, -0.15) is 0 Å². The van der Waals surface area contributed by atoms with Crippen molar-refractivity contribution in [2.75, 3.05) is 6.54 Å². The van der Waals surface area contributed by atoms with Gasteiger partial charge in [-0.1, -0.05) is 71.9 Å². The van der Waals surface area contributed by atoms with Crippen LogP contribution in [0, 0.1) is 0 Å². The largest absolute Gasteiger partial charge is 0.352 e. The van der Waals surface area contributed by atoms with Crippen LogP contribution in [0.2, 0.25) is 0 Å². The summed E-state index contributed by atoms with van der Waals surface area (Å²) in [5.74, 6) is 0.0520. The van der Waals surface area contributed by atoms with E-state index >= 15 is 0 Å². The van der Waals surface area contributed by atoms with Crippen LogP contribution in [-0.4, -0.2) is 12.5 Å². The third-order valence-corrected chi connectivity index (χ3v) is 3.44. The lowest BCUT2D eigenvalue weighted by Gasteiger charge is -2.06. The Hall–Kier alpha value is -1.31. The molecule has 21 heavy (non-hydrogen) atoms. The lowest BCUT2D eigenvalue weighted by atomic mass is 10.1. The Kier molecular flexibility index (Phi) is 12.8. The third-order valence-electron chi connectivity index (χ3n) is 3.44. The maximum absolute atomic E-state index is 11.9. The number of aryl methyl sites for hydroxylation is 1. The molecular weight excluding hydrogens is 258 g/mol. The summed E-state index contributed by atoms with van der Waals surface area (Å²) in [5.41, 5.74) is 2.04. The molecule has 0 saturated carbocycles. The number of benzene rings is 1. The van der Waals surface area contributed by atoms with Crippen LogP contribution in [0.3, 0.4) is 0 Å². The van der Waals surface area contributed by atoms with Crippen molar-refractivity contribution >= 4 is 5.91 Å². The number of carbonyl (C=O) groups is 1. The molecule has 0 aliphatic heterocycles. The second-order valence-corrected chi connectivity index (χ2v) is 5.07. The van der Waals surface area contributed by atoms with Crippen molar-refractivity contribution in [3.63, 3.8) is 0 Å². The maximum Gasteiger partial charge on any atom is 0.251 e. The Morgan fingerprint density at radius 3 is 2.05 bits per heavy atom. The van der Waals surface area contributed by atoms with Gasteiger partial charge in [-0.05, 0) is 30.5 Å². The molecular formula is C19H33NO. The molecule has 1 N–H and O–H groups in total. The van der Waals surface area contributed by atoms with Crippen LogP contribution in [0.25, 0.3) is 0 Å². The molecule has 0 radical (unpaired) electrons. The van der Waals surface area contributed by atoms with Gasteiger partial charge < -0.3 is 5.32 Å². The molecule has 0 fully saturated rings. The van der Waals surface area contributed by atoms with E-state index in [2.05, 4.69) is 19.2 Å². The van der Waals surface area contributed by atoms with Crippen molar-refractivity contribution in [3.8, 4) is 0 Å². The van der Waals surface area contributed by atoms with Gasteiger partial charge in [0, 0.05) is 12.1 Å². The molecule has 0 bridgehead atoms. The van der Waals surface area contributed by atoms with E-state index in [0.29, 0.717) is 0 Å². The third kappa shape index (κ3) is 9.28. The first-order valence-electron chi connectivity index (χ1n) is 8.65. The molecule has 0 atom stereocenters. The van der Waals surface area contributed by atoms with E-state index in [-0.39, 0.29) is 5.91 Å². The monoisotopic (exact) mass is 291 g/mol. The second kappa shape index (κ2) is 13.7. The van der Waals surface area contributed by atoms with Crippen LogP contribution >= 0.6 is 0 Å². The van der Waals surface area contributed by atoms with Crippen molar-refractivity contribution in [2.24, 2.45) is 0 Å². The Bertz CT molecular complexity index is 356. The zero-order chi connectivity index (χ0) is 15.9. The standard InChI is InChI=1S/C17H27NO.C2H6/c1-3-5-6-7-8-9-14-18-17(19)16-12-10-15(4-2)11-13-16;1-2/h10-13H,3-9,14H2,1-2H3,(H,18,19);1-2H3. The average molecular weight is 291 g/mol. The Morgan fingerprint density at radius 1 is 0.905 bits per heavy atom. The number of nitrogens with one attached hydrogen (secondary N) is 1. The Balaban J connectivity index is 0.00000191. The van der Waals surface area contributed by atoms with Gasteiger partial charge in [0.1, 0.15) is 0 Å². The topological polar surface area (TPSA) is 29.1 Å². The quantitative estimate of drug-likeness (QED) is 0.609. The van der Waals surface area contributed by atoms with Gasteiger partial charge in [0.2, 0.25) is 0 Å². The van der Waals surface area contributed by atoms with Crippen molar-refractivity contribution in [3.05, 3.63) is 35.4 Å². The minimum atomic E-state index is 0.0520. The summed E-state index contributed by atoms with van der Waals surface area (Å²) in [4.78, 5) is 11.9. The summed E-state index contributed by atoms with van der Waals surface area (Å²) in [7, 11) is 0. The highest BCUT2D eigenvalue weighted by Gasteiger charge is 2.03. The summed E-state index contributed by atoms with van der Waals surface area (Å²) in [6.07, 6.45) is 8.54. The summed E-state index contributed by atoms with van der Waals surface area (Å²) in [6.45, 7) is 9.14. The van der Waals surface area contributed by atoms with Crippen molar-refractivity contribution < 1.29 is 4.79 Å². The summed E-state index contributed by atoms with van der Waals surface area (Å²) in [6, 6.07) is 7.88. The van der Waals surface area contributed by atoms with E-state index in [9.17, 15) is 4.79 Å². The first kappa shape index (κ1) is 19.7. The van der Waals surface area contributed by atoms with Gasteiger partial charge in [-0.15, -0.1) is 0 Å². The predicted molar refractivity (Wildman–Crippen MR) is 92.9 cm³/mol. The normalized spacial score (nSPS) is 9.71. The van der Waals surface area contributed by atoms with E-state index in [1.54, 1.807) is 0 Å². The van der Waals surface area contributed by atoms with Gasteiger partial charge in [-0.3, -0.25) is 4.79 Å². The number of hydrogen-bond acceptors (Lipinski definition) is 1. The van der Waals surface area contributed by atoms with Crippen molar-refractivity contribution in [1.82, 2.24) is 5.32 Å². The fourth-order valence-corrected chi connectivity index (χ4v) is 2.10. The van der Waals surface area contributed by atoms with Crippen LogP contribution in [0.1, 0.15) is 82.1 Å². The van der Waals surface area contributed by atoms with Crippen LogP contribution in [0.4, 0.5) is 0 Å². The first-order valence-corrected chi connectivity index (χ1v) is 8.65. The van der Waals surface area contributed by atoms with Crippen molar-refractivity contribution in [1.29, 1.82) is 0 Å². The molecule has 0 saturated heterocycles. The summed E-state index contributed by atoms with van der Waals surface area (Å²) >= 11 is 0. The maximum atomic E-state index is 11.9. The van der Waals surface area contributed by atoms with Crippen molar-refractivity contribution in [2.45, 2.75) is 72.6 Å². The van der Waals surface area contributed by atoms with E-state index in [1.165, 1.54) is 37.7 Å². The molecule has 2 heteroatoms. The molecule has 0 spiro atoms. The predicted octanol–water partition coefficient (Wildman–Crippen LogP) is 5.37. The molecule has 1 amide bonds. The van der Waals surface area contributed by atoms with E-state index in [4.69, 9.17) is 0 Å². The highest BCUT2D eigenvalue weighted by atomic mass is 16.1. The van der Waals surface area contributed by atoms with Crippen LogP contribution in [0.5, 0.6) is 0 Å². The molecule has 0 heterocycles. The average Bonchev–Trinajstić information content (AvgIpc) is 2.55. The minimum absolute atomic E-state index is 0.0520. The molecule has 0 aliphatic carbocycles. The molecule has 1 aromatic carbocycles. The Labute approximate surface area is 131 Å². The summed E-state index contributed by atoms with van der Waals surface area (Å²) in [5, 5.41) is 2.99. The van der Waals surface area contributed by atoms with Gasteiger partial charge in [0.15, 0.2) is 0 Å². The number of hydrogen-bond donors (Lipinski definition) is 1. The van der Waals surface area contributed by atoms with Gasteiger partial charge >= 0.3 is 0 Å². The molecule has 0 aliphatic rings. The number of unbranched alkanes of at least 4 members (excludes halogenated alkanes) is 5. The van der Waals surface area contributed by atoms with E-state index < -0.39 is 0 Å². The Morgan fingerprint density at radius 2 is 1.48 bits per heavy atom. The highest BCUT2D eigenvalue weighted by Crippen LogP contribution is 2.06. The molecule has 0 aromatic heterocycles. The number of carbonyl (C=O) groups excluding carboxylic acids is 1. The first-order chi connectivity index (χ1) is 10.3. The number of amides is 1. The smallest absolute Gasteiger partial charge is 0.251 e. The lowest BCUT2D eigenvalue weighted by molar-refractivity contribution is 0.0953. The fraction of sp³-hybridized carbons (Fsp3) is 0.632. The van der Waals surface area contributed by atoms with Crippen LogP contribution in [-0.2, 0) is 6.42 Å². The van der Waals surface area contributed by atoms with E-state index in [1.807, 2.05) is 38.1 Å². The van der Waals surface area contributed by atoms with Gasteiger partial charge in [0.05, 0.1) is 0 Å². The molecule has 120 valence electrons.